The molecule has 34 heavy (non-hydrogen) atoms. The maximum Gasteiger partial charge on any atom is 0.328 e. The highest BCUT2D eigenvalue weighted by Crippen LogP contribution is 2.32. The second kappa shape index (κ2) is 10.5. The van der Waals surface area contributed by atoms with E-state index in [2.05, 4.69) is 25.6 Å². The summed E-state index contributed by atoms with van der Waals surface area (Å²) >= 11 is 0. The number of nitrogens with zero attached hydrogens (tertiary/aromatic N) is 3. The molecule has 1 unspecified atom stereocenters. The van der Waals surface area contributed by atoms with Gasteiger partial charge < -0.3 is 20.5 Å². The van der Waals surface area contributed by atoms with Crippen molar-refractivity contribution in [2.75, 3.05) is 17.2 Å². The number of aliphatic hydroxyl groups is 1. The van der Waals surface area contributed by atoms with Crippen LogP contribution in [-0.4, -0.2) is 32.7 Å². The molecule has 3 N–H and O–H groups in total. The molecular weight excluding hydrogens is 468 g/mol. The molecule has 0 saturated carbocycles. The summed E-state index contributed by atoms with van der Waals surface area (Å²) in [5.74, 6) is -13.7. The SMILES string of the molecule is CC[C@H](CO)Nc1nc(NC(C)c2cccc(F)c2)nc(Oc2c(F)c(F)c(F)c(F)c2F)n1. The van der Waals surface area contributed by atoms with Crippen molar-refractivity contribution >= 4 is 11.9 Å². The summed E-state index contributed by atoms with van der Waals surface area (Å²) in [5, 5.41) is 15.0. The molecule has 0 radical (unpaired) electrons. The van der Waals surface area contributed by atoms with E-state index < -0.39 is 58.7 Å². The molecule has 0 fully saturated rings. The molecule has 0 saturated heterocycles. The Morgan fingerprint density at radius 2 is 1.47 bits per heavy atom. The lowest BCUT2D eigenvalue weighted by molar-refractivity contribution is 0.271. The fourth-order valence-electron chi connectivity index (χ4n) is 2.81. The maximum absolute atomic E-state index is 14.1. The van der Waals surface area contributed by atoms with Crippen molar-refractivity contribution in [1.29, 1.82) is 0 Å². The van der Waals surface area contributed by atoms with Crippen LogP contribution >= 0.6 is 0 Å². The largest absolute Gasteiger partial charge is 0.418 e. The zero-order chi connectivity index (χ0) is 25.0. The van der Waals surface area contributed by atoms with Gasteiger partial charge in [-0.1, -0.05) is 19.1 Å². The highest BCUT2D eigenvalue weighted by molar-refractivity contribution is 5.40. The lowest BCUT2D eigenvalue weighted by Gasteiger charge is -2.18. The van der Waals surface area contributed by atoms with E-state index >= 15 is 0 Å². The first-order valence-corrected chi connectivity index (χ1v) is 9.99. The minimum Gasteiger partial charge on any atom is -0.418 e. The minimum atomic E-state index is -2.35. The number of aromatic nitrogens is 3. The van der Waals surface area contributed by atoms with Gasteiger partial charge in [0.25, 0.3) is 0 Å². The third kappa shape index (κ3) is 5.47. The Morgan fingerprint density at radius 1 is 0.882 bits per heavy atom. The van der Waals surface area contributed by atoms with Crippen LogP contribution in [0.25, 0.3) is 0 Å². The number of aliphatic hydroxyl groups excluding tert-OH is 1. The highest BCUT2D eigenvalue weighted by atomic mass is 19.2. The van der Waals surface area contributed by atoms with Gasteiger partial charge in [0.2, 0.25) is 46.7 Å². The Balaban J connectivity index is 2.00. The van der Waals surface area contributed by atoms with E-state index in [9.17, 15) is 31.4 Å². The van der Waals surface area contributed by atoms with Crippen LogP contribution < -0.4 is 15.4 Å². The molecule has 2 atom stereocenters. The van der Waals surface area contributed by atoms with Crippen LogP contribution in [-0.2, 0) is 0 Å². The summed E-state index contributed by atoms with van der Waals surface area (Å²) in [5.41, 5.74) is 0.499. The molecule has 7 nitrogen and oxygen atoms in total. The van der Waals surface area contributed by atoms with Gasteiger partial charge in [-0.05, 0) is 31.0 Å². The standard InChI is InChI=1S/C21H19F6N5O2/c1-3-12(8-33)29-20-30-19(28-9(2)10-5-4-6-11(22)7-10)31-21(32-20)34-18-16(26)14(24)13(23)15(25)17(18)27/h4-7,9,12,33H,3,8H2,1-2H3,(H2,28,29,30,31,32)/t9?,12-/m1/s1. The molecular formula is C21H19F6N5O2. The first kappa shape index (κ1) is 25.0. The molecule has 1 heterocycles. The van der Waals surface area contributed by atoms with Crippen LogP contribution in [0.15, 0.2) is 24.3 Å². The van der Waals surface area contributed by atoms with Gasteiger partial charge in [-0.3, -0.25) is 0 Å². The van der Waals surface area contributed by atoms with E-state index in [4.69, 9.17) is 4.74 Å². The van der Waals surface area contributed by atoms with E-state index in [1.54, 1.807) is 19.9 Å². The average molecular weight is 487 g/mol. The number of ether oxygens (including phenoxy) is 1. The van der Waals surface area contributed by atoms with Gasteiger partial charge >= 0.3 is 6.01 Å². The van der Waals surface area contributed by atoms with Gasteiger partial charge in [0.15, 0.2) is 0 Å². The normalized spacial score (nSPS) is 12.9. The number of rotatable bonds is 9. The van der Waals surface area contributed by atoms with Crippen molar-refractivity contribution < 1.29 is 36.2 Å². The van der Waals surface area contributed by atoms with Gasteiger partial charge in [-0.25, -0.2) is 17.6 Å². The Labute approximate surface area is 189 Å². The smallest absolute Gasteiger partial charge is 0.328 e. The molecule has 13 heteroatoms. The third-order valence-corrected chi connectivity index (χ3v) is 4.72. The molecule has 1 aromatic heterocycles. The summed E-state index contributed by atoms with van der Waals surface area (Å²) < 4.78 is 86.9. The number of nitrogens with one attached hydrogen (secondary N) is 2. The number of halogens is 6. The van der Waals surface area contributed by atoms with Crippen molar-refractivity contribution in [3.05, 3.63) is 64.7 Å². The summed E-state index contributed by atoms with van der Waals surface area (Å²) in [4.78, 5) is 11.7. The van der Waals surface area contributed by atoms with Crippen LogP contribution in [0, 0.1) is 34.9 Å². The van der Waals surface area contributed by atoms with E-state index in [1.807, 2.05) is 0 Å². The zero-order valence-corrected chi connectivity index (χ0v) is 17.8. The van der Waals surface area contributed by atoms with Crippen molar-refractivity contribution in [3.8, 4) is 11.8 Å². The van der Waals surface area contributed by atoms with Crippen molar-refractivity contribution in [1.82, 2.24) is 15.0 Å². The average Bonchev–Trinajstić information content (AvgIpc) is 2.82. The number of hydrogen-bond acceptors (Lipinski definition) is 7. The van der Waals surface area contributed by atoms with Gasteiger partial charge in [0, 0.05) is 0 Å². The van der Waals surface area contributed by atoms with Gasteiger partial charge in [0.05, 0.1) is 18.7 Å². The monoisotopic (exact) mass is 487 g/mol. The van der Waals surface area contributed by atoms with Crippen molar-refractivity contribution in [2.24, 2.45) is 0 Å². The first-order chi connectivity index (χ1) is 16.1. The predicted octanol–water partition coefficient (Wildman–Crippen LogP) is 4.85. The number of anilines is 2. The highest BCUT2D eigenvalue weighted by Gasteiger charge is 2.28. The Kier molecular flexibility index (Phi) is 7.76. The van der Waals surface area contributed by atoms with Crippen LogP contribution in [0.1, 0.15) is 31.9 Å². The molecule has 0 spiro atoms. The second-order valence-electron chi connectivity index (χ2n) is 7.12. The van der Waals surface area contributed by atoms with Crippen LogP contribution in [0.5, 0.6) is 11.8 Å². The summed E-state index contributed by atoms with van der Waals surface area (Å²) in [6, 6.07) is 3.69. The van der Waals surface area contributed by atoms with Crippen LogP contribution in [0.2, 0.25) is 0 Å². The molecule has 0 bridgehead atoms. The lowest BCUT2D eigenvalue weighted by atomic mass is 10.1. The fraction of sp³-hybridized carbons (Fsp3) is 0.286. The molecule has 3 rings (SSSR count). The minimum absolute atomic E-state index is 0.219. The Hall–Kier alpha value is -3.61. The Bertz CT molecular complexity index is 1150. The maximum atomic E-state index is 14.1. The molecule has 0 aliphatic rings. The van der Waals surface area contributed by atoms with Crippen molar-refractivity contribution in [3.63, 3.8) is 0 Å². The van der Waals surface area contributed by atoms with Crippen molar-refractivity contribution in [2.45, 2.75) is 32.4 Å². The molecule has 0 aliphatic carbocycles. The summed E-state index contributed by atoms with van der Waals surface area (Å²) in [6.07, 6.45) is 0.429. The Morgan fingerprint density at radius 3 is 2.03 bits per heavy atom. The van der Waals surface area contributed by atoms with Gasteiger partial charge in [-0.15, -0.1) is 0 Å². The number of benzene rings is 2. The molecule has 0 amide bonds. The first-order valence-electron chi connectivity index (χ1n) is 9.99. The zero-order valence-electron chi connectivity index (χ0n) is 17.8. The fourth-order valence-corrected chi connectivity index (χ4v) is 2.81. The quantitative estimate of drug-likeness (QED) is 0.226. The predicted molar refractivity (Wildman–Crippen MR) is 109 cm³/mol. The van der Waals surface area contributed by atoms with E-state index in [0.29, 0.717) is 12.0 Å². The van der Waals surface area contributed by atoms with Gasteiger partial charge in [-0.2, -0.15) is 23.7 Å². The second-order valence-corrected chi connectivity index (χ2v) is 7.12. The topological polar surface area (TPSA) is 92.2 Å². The lowest BCUT2D eigenvalue weighted by Crippen LogP contribution is -2.24. The van der Waals surface area contributed by atoms with E-state index in [0.717, 1.165) is 0 Å². The molecule has 0 aliphatic heterocycles. The summed E-state index contributed by atoms with van der Waals surface area (Å²) in [6.45, 7) is 3.06. The van der Waals surface area contributed by atoms with Crippen LogP contribution in [0.3, 0.4) is 0 Å². The molecule has 3 aromatic rings. The molecule has 2 aromatic carbocycles. The molecule has 182 valence electrons. The number of hydrogen-bond donors (Lipinski definition) is 3. The van der Waals surface area contributed by atoms with Gasteiger partial charge in [0.1, 0.15) is 5.82 Å². The summed E-state index contributed by atoms with van der Waals surface area (Å²) in [7, 11) is 0. The third-order valence-electron chi connectivity index (χ3n) is 4.72. The van der Waals surface area contributed by atoms with E-state index in [-0.39, 0.29) is 18.5 Å². The van der Waals surface area contributed by atoms with Crippen LogP contribution in [0.4, 0.5) is 38.2 Å². The van der Waals surface area contributed by atoms with E-state index in [1.165, 1.54) is 18.2 Å².